The second kappa shape index (κ2) is 6.90. The molecule has 1 aliphatic carbocycles. The van der Waals surface area contributed by atoms with E-state index in [1.807, 2.05) is 20.0 Å². The average molecular weight is 262 g/mol. The van der Waals surface area contributed by atoms with Gasteiger partial charge < -0.3 is 10.5 Å². The summed E-state index contributed by atoms with van der Waals surface area (Å²) in [7, 11) is 0. The zero-order valence-electron chi connectivity index (χ0n) is 12.1. The van der Waals surface area contributed by atoms with Crippen LogP contribution >= 0.6 is 0 Å². The first-order chi connectivity index (χ1) is 9.16. The number of hydrogen-bond donors (Lipinski definition) is 1. The fourth-order valence-electron chi connectivity index (χ4n) is 2.90. The van der Waals surface area contributed by atoms with E-state index in [9.17, 15) is 0 Å². The SMILES string of the molecule is CC(C)Oc1cncc(C(N)C2CCCCCC2)c1. The molecule has 1 aromatic rings. The van der Waals surface area contributed by atoms with Crippen LogP contribution in [0.1, 0.15) is 64.0 Å². The Morgan fingerprint density at radius 2 is 1.84 bits per heavy atom. The van der Waals surface area contributed by atoms with Crippen molar-refractivity contribution in [1.29, 1.82) is 0 Å². The van der Waals surface area contributed by atoms with Crippen molar-refractivity contribution in [2.75, 3.05) is 0 Å². The van der Waals surface area contributed by atoms with Crippen molar-refractivity contribution >= 4 is 0 Å². The van der Waals surface area contributed by atoms with Gasteiger partial charge in [-0.1, -0.05) is 25.7 Å². The maximum atomic E-state index is 6.44. The van der Waals surface area contributed by atoms with Gasteiger partial charge in [0.15, 0.2) is 0 Å². The molecule has 3 heteroatoms. The third-order valence-electron chi connectivity index (χ3n) is 3.90. The standard InChI is InChI=1S/C16H26N2O/c1-12(2)19-15-9-14(10-18-11-15)16(17)13-7-5-3-4-6-8-13/h9-13,16H,3-8,17H2,1-2H3. The van der Waals surface area contributed by atoms with Crippen LogP contribution < -0.4 is 10.5 Å². The Morgan fingerprint density at radius 3 is 2.47 bits per heavy atom. The molecule has 0 aliphatic heterocycles. The molecule has 1 heterocycles. The van der Waals surface area contributed by atoms with Gasteiger partial charge in [-0.25, -0.2) is 0 Å². The van der Waals surface area contributed by atoms with E-state index in [2.05, 4.69) is 11.1 Å². The first kappa shape index (κ1) is 14.3. The number of rotatable bonds is 4. The van der Waals surface area contributed by atoms with Crippen LogP contribution in [0.3, 0.4) is 0 Å². The minimum absolute atomic E-state index is 0.0984. The van der Waals surface area contributed by atoms with Gasteiger partial charge in [-0.2, -0.15) is 0 Å². The second-order valence-corrected chi connectivity index (χ2v) is 5.90. The van der Waals surface area contributed by atoms with Crippen LogP contribution in [0.5, 0.6) is 5.75 Å². The fourth-order valence-corrected chi connectivity index (χ4v) is 2.90. The highest BCUT2D eigenvalue weighted by Gasteiger charge is 2.21. The number of hydrogen-bond acceptors (Lipinski definition) is 3. The number of pyridine rings is 1. The van der Waals surface area contributed by atoms with Gasteiger partial charge in [0.05, 0.1) is 12.3 Å². The van der Waals surface area contributed by atoms with Crippen LogP contribution in [0, 0.1) is 5.92 Å². The van der Waals surface area contributed by atoms with E-state index in [1.165, 1.54) is 38.5 Å². The largest absolute Gasteiger partial charge is 0.489 e. The van der Waals surface area contributed by atoms with E-state index in [0.29, 0.717) is 5.92 Å². The molecule has 19 heavy (non-hydrogen) atoms. The Kier molecular flexibility index (Phi) is 5.20. The molecular weight excluding hydrogens is 236 g/mol. The monoisotopic (exact) mass is 262 g/mol. The van der Waals surface area contributed by atoms with E-state index < -0.39 is 0 Å². The summed E-state index contributed by atoms with van der Waals surface area (Å²) in [6.45, 7) is 4.05. The minimum atomic E-state index is 0.0984. The van der Waals surface area contributed by atoms with Crippen LogP contribution in [-0.4, -0.2) is 11.1 Å². The topological polar surface area (TPSA) is 48.1 Å². The molecule has 2 rings (SSSR count). The lowest BCUT2D eigenvalue weighted by Gasteiger charge is -2.23. The lowest BCUT2D eigenvalue weighted by molar-refractivity contribution is 0.240. The maximum absolute atomic E-state index is 6.44. The van der Waals surface area contributed by atoms with Crippen molar-refractivity contribution in [3.05, 3.63) is 24.0 Å². The summed E-state index contributed by atoms with van der Waals surface area (Å²) in [5.41, 5.74) is 7.56. The van der Waals surface area contributed by atoms with E-state index in [0.717, 1.165) is 11.3 Å². The quantitative estimate of drug-likeness (QED) is 0.839. The van der Waals surface area contributed by atoms with Gasteiger partial charge in [0.25, 0.3) is 0 Å². The van der Waals surface area contributed by atoms with Gasteiger partial charge >= 0.3 is 0 Å². The first-order valence-corrected chi connectivity index (χ1v) is 7.54. The number of nitrogens with zero attached hydrogens (tertiary/aromatic N) is 1. The van der Waals surface area contributed by atoms with E-state index >= 15 is 0 Å². The number of nitrogens with two attached hydrogens (primary N) is 1. The summed E-state index contributed by atoms with van der Waals surface area (Å²) >= 11 is 0. The van der Waals surface area contributed by atoms with Gasteiger partial charge in [-0.05, 0) is 44.2 Å². The normalized spacial score (nSPS) is 19.2. The minimum Gasteiger partial charge on any atom is -0.489 e. The Balaban J connectivity index is 2.06. The van der Waals surface area contributed by atoms with E-state index in [-0.39, 0.29) is 12.1 Å². The van der Waals surface area contributed by atoms with E-state index in [4.69, 9.17) is 10.5 Å². The summed E-state index contributed by atoms with van der Waals surface area (Å²) < 4.78 is 5.70. The lowest BCUT2D eigenvalue weighted by Crippen LogP contribution is -2.21. The van der Waals surface area contributed by atoms with Gasteiger partial charge in [-0.15, -0.1) is 0 Å². The second-order valence-electron chi connectivity index (χ2n) is 5.90. The molecule has 1 atom stereocenters. The molecule has 0 aromatic carbocycles. The highest BCUT2D eigenvalue weighted by atomic mass is 16.5. The van der Waals surface area contributed by atoms with Crippen LogP contribution in [-0.2, 0) is 0 Å². The van der Waals surface area contributed by atoms with Crippen molar-refractivity contribution in [3.63, 3.8) is 0 Å². The molecule has 0 bridgehead atoms. The first-order valence-electron chi connectivity index (χ1n) is 7.54. The van der Waals surface area contributed by atoms with Crippen LogP contribution in [0.15, 0.2) is 18.5 Å². The third-order valence-corrected chi connectivity index (χ3v) is 3.90. The molecule has 0 radical (unpaired) electrons. The molecule has 3 nitrogen and oxygen atoms in total. The van der Waals surface area contributed by atoms with Gasteiger partial charge in [0, 0.05) is 12.2 Å². The summed E-state index contributed by atoms with van der Waals surface area (Å²) in [6.07, 6.45) is 11.7. The molecule has 1 fully saturated rings. The molecule has 0 amide bonds. The molecule has 0 saturated heterocycles. The highest BCUT2D eigenvalue weighted by molar-refractivity contribution is 5.26. The average Bonchev–Trinajstić information content (AvgIpc) is 2.66. The molecule has 106 valence electrons. The smallest absolute Gasteiger partial charge is 0.138 e. The molecule has 2 N–H and O–H groups in total. The zero-order chi connectivity index (χ0) is 13.7. The lowest BCUT2D eigenvalue weighted by atomic mass is 9.88. The van der Waals surface area contributed by atoms with Crippen molar-refractivity contribution in [1.82, 2.24) is 4.98 Å². The van der Waals surface area contributed by atoms with Crippen LogP contribution in [0.25, 0.3) is 0 Å². The molecule has 1 unspecified atom stereocenters. The Bertz CT molecular complexity index is 384. The van der Waals surface area contributed by atoms with Gasteiger partial charge in [0.1, 0.15) is 5.75 Å². The Morgan fingerprint density at radius 1 is 1.16 bits per heavy atom. The molecule has 1 saturated carbocycles. The van der Waals surface area contributed by atoms with Gasteiger partial charge in [0.2, 0.25) is 0 Å². The maximum Gasteiger partial charge on any atom is 0.138 e. The molecular formula is C16H26N2O. The molecule has 0 spiro atoms. The molecule has 1 aromatic heterocycles. The fraction of sp³-hybridized carbons (Fsp3) is 0.688. The summed E-state index contributed by atoms with van der Waals surface area (Å²) in [6, 6.07) is 2.16. The summed E-state index contributed by atoms with van der Waals surface area (Å²) in [4.78, 5) is 4.27. The van der Waals surface area contributed by atoms with Crippen molar-refractivity contribution < 1.29 is 4.74 Å². The predicted octanol–water partition coefficient (Wildman–Crippen LogP) is 3.84. The zero-order valence-corrected chi connectivity index (χ0v) is 12.1. The Hall–Kier alpha value is -1.09. The third kappa shape index (κ3) is 4.20. The number of ether oxygens (including phenoxy) is 1. The van der Waals surface area contributed by atoms with Crippen molar-refractivity contribution in [2.24, 2.45) is 11.7 Å². The number of aromatic nitrogens is 1. The summed E-state index contributed by atoms with van der Waals surface area (Å²) in [5.74, 6) is 1.43. The Labute approximate surface area is 116 Å². The van der Waals surface area contributed by atoms with Gasteiger partial charge in [-0.3, -0.25) is 4.98 Å². The van der Waals surface area contributed by atoms with Crippen LogP contribution in [0.4, 0.5) is 0 Å². The summed E-state index contributed by atoms with van der Waals surface area (Å²) in [5, 5.41) is 0. The highest BCUT2D eigenvalue weighted by Crippen LogP contribution is 2.32. The van der Waals surface area contributed by atoms with Crippen LogP contribution in [0.2, 0.25) is 0 Å². The predicted molar refractivity (Wildman–Crippen MR) is 78.1 cm³/mol. The van der Waals surface area contributed by atoms with Crippen molar-refractivity contribution in [2.45, 2.75) is 64.5 Å². The molecule has 1 aliphatic rings. The van der Waals surface area contributed by atoms with E-state index in [1.54, 1.807) is 6.20 Å². The van der Waals surface area contributed by atoms with Crippen molar-refractivity contribution in [3.8, 4) is 5.75 Å².